The fourth-order valence-electron chi connectivity index (χ4n) is 3.39. The highest BCUT2D eigenvalue weighted by molar-refractivity contribution is 5.92. The maximum atomic E-state index is 15.7. The zero-order chi connectivity index (χ0) is 27.1. The molecule has 0 amide bonds. The maximum absolute atomic E-state index is 15.7. The molecule has 0 saturated heterocycles. The zero-order valence-electron chi connectivity index (χ0n) is 19.5. The standard InChI is InChI=1S/C22H19F5N6O4/c1-4-32-15(9-34)31-33(21(32)35)18-17(24)13-8-28-30-20(37-14-7-12(23)6-5-10(14)2)16(13)19(29-18)36-11(3)22(25,26)27/h5-8,11,34H,4,9H2,1-3H3. The number of halogens is 5. The Morgan fingerprint density at radius 3 is 2.54 bits per heavy atom. The lowest BCUT2D eigenvalue weighted by Crippen LogP contribution is -2.32. The molecule has 0 fully saturated rings. The van der Waals surface area contributed by atoms with Crippen LogP contribution in [0.2, 0.25) is 0 Å². The van der Waals surface area contributed by atoms with Crippen LogP contribution in [0.15, 0.2) is 29.2 Å². The van der Waals surface area contributed by atoms with E-state index in [1.54, 1.807) is 13.8 Å². The number of ether oxygens (including phenoxy) is 2. The van der Waals surface area contributed by atoms with E-state index in [1.807, 2.05) is 0 Å². The van der Waals surface area contributed by atoms with Gasteiger partial charge in [-0.3, -0.25) is 4.57 Å². The van der Waals surface area contributed by atoms with Crippen LogP contribution in [0.1, 0.15) is 25.2 Å². The summed E-state index contributed by atoms with van der Waals surface area (Å²) in [7, 11) is 0. The van der Waals surface area contributed by atoms with Crippen molar-refractivity contribution in [2.24, 2.45) is 0 Å². The first-order valence-corrected chi connectivity index (χ1v) is 10.8. The molecule has 0 aliphatic carbocycles. The van der Waals surface area contributed by atoms with Crippen LogP contribution in [0.5, 0.6) is 17.5 Å². The van der Waals surface area contributed by atoms with Gasteiger partial charge in [-0.1, -0.05) is 6.07 Å². The van der Waals surface area contributed by atoms with Crippen molar-refractivity contribution in [3.05, 3.63) is 57.9 Å². The second-order valence-electron chi connectivity index (χ2n) is 7.82. The van der Waals surface area contributed by atoms with Crippen LogP contribution in [0, 0.1) is 18.6 Å². The Balaban J connectivity index is 2.00. The first-order chi connectivity index (χ1) is 17.5. The molecule has 0 bridgehead atoms. The Bertz CT molecular complexity index is 1530. The second kappa shape index (κ2) is 9.72. The van der Waals surface area contributed by atoms with Crippen LogP contribution >= 0.6 is 0 Å². The molecule has 0 spiro atoms. The summed E-state index contributed by atoms with van der Waals surface area (Å²) in [4.78, 5) is 16.6. The van der Waals surface area contributed by atoms with Crippen LogP contribution in [-0.4, -0.2) is 46.9 Å². The number of hydrogen-bond acceptors (Lipinski definition) is 8. The van der Waals surface area contributed by atoms with Gasteiger partial charge < -0.3 is 14.6 Å². The van der Waals surface area contributed by atoms with Gasteiger partial charge in [-0.05, 0) is 32.4 Å². The number of nitrogens with zero attached hydrogens (tertiary/aromatic N) is 6. The Morgan fingerprint density at radius 1 is 1.19 bits per heavy atom. The van der Waals surface area contributed by atoms with Gasteiger partial charge in [0.15, 0.2) is 23.6 Å². The molecule has 15 heteroatoms. The number of aliphatic hydroxyl groups excluding tert-OH is 1. The monoisotopic (exact) mass is 526 g/mol. The average molecular weight is 526 g/mol. The van der Waals surface area contributed by atoms with Gasteiger partial charge in [0.2, 0.25) is 5.88 Å². The lowest BCUT2D eigenvalue weighted by molar-refractivity contribution is -0.189. The van der Waals surface area contributed by atoms with E-state index in [4.69, 9.17) is 9.47 Å². The number of aryl methyl sites for hydroxylation is 1. The molecule has 37 heavy (non-hydrogen) atoms. The molecule has 1 N–H and O–H groups in total. The number of benzene rings is 1. The summed E-state index contributed by atoms with van der Waals surface area (Å²) in [6.45, 7) is 3.24. The van der Waals surface area contributed by atoms with E-state index in [-0.39, 0.29) is 18.1 Å². The first-order valence-electron chi connectivity index (χ1n) is 10.8. The van der Waals surface area contributed by atoms with E-state index in [1.165, 1.54) is 6.07 Å². The smallest absolute Gasteiger partial charge is 0.425 e. The number of hydrogen-bond donors (Lipinski definition) is 1. The molecular weight excluding hydrogens is 507 g/mol. The number of rotatable bonds is 7. The molecule has 1 unspecified atom stereocenters. The maximum Gasteiger partial charge on any atom is 0.425 e. The lowest BCUT2D eigenvalue weighted by atomic mass is 10.2. The number of fused-ring (bicyclic) bond motifs is 1. The molecule has 4 aromatic rings. The predicted octanol–water partition coefficient (Wildman–Crippen LogP) is 3.59. The molecule has 196 valence electrons. The van der Waals surface area contributed by atoms with Crippen LogP contribution in [0.25, 0.3) is 16.6 Å². The Kier molecular flexibility index (Phi) is 6.82. The van der Waals surface area contributed by atoms with Crippen molar-refractivity contribution in [1.29, 1.82) is 0 Å². The number of aliphatic hydroxyl groups is 1. The van der Waals surface area contributed by atoms with Gasteiger partial charge >= 0.3 is 11.9 Å². The minimum atomic E-state index is -4.84. The van der Waals surface area contributed by atoms with Gasteiger partial charge in [0.1, 0.15) is 23.6 Å². The molecule has 0 radical (unpaired) electrons. The number of alkyl halides is 3. The van der Waals surface area contributed by atoms with Crippen molar-refractivity contribution in [3.8, 4) is 23.3 Å². The molecule has 3 heterocycles. The SMILES string of the molecule is CCn1c(CO)nn(-c2nc(OC(C)C(F)(F)F)c3c(Oc4cc(F)ccc4C)nncc3c2F)c1=O. The summed E-state index contributed by atoms with van der Waals surface area (Å²) in [6.07, 6.45) is -6.38. The van der Waals surface area contributed by atoms with Gasteiger partial charge in [0.25, 0.3) is 5.88 Å². The lowest BCUT2D eigenvalue weighted by Gasteiger charge is -2.19. The van der Waals surface area contributed by atoms with Gasteiger partial charge in [-0.15, -0.1) is 10.2 Å². The summed E-state index contributed by atoms with van der Waals surface area (Å²) in [5.41, 5.74) is -0.467. The van der Waals surface area contributed by atoms with Crippen LogP contribution in [-0.2, 0) is 13.2 Å². The molecule has 3 aromatic heterocycles. The summed E-state index contributed by atoms with van der Waals surface area (Å²) in [6, 6.07) is 3.55. The summed E-state index contributed by atoms with van der Waals surface area (Å²) in [5, 5.41) is 19.8. The molecule has 1 atom stereocenters. The van der Waals surface area contributed by atoms with Crippen LogP contribution < -0.4 is 15.2 Å². The predicted molar refractivity (Wildman–Crippen MR) is 118 cm³/mol. The fourth-order valence-corrected chi connectivity index (χ4v) is 3.39. The topological polar surface area (TPSA) is 117 Å². The first kappa shape index (κ1) is 25.9. The van der Waals surface area contributed by atoms with E-state index in [0.29, 0.717) is 17.2 Å². The highest BCUT2D eigenvalue weighted by atomic mass is 19.4. The van der Waals surface area contributed by atoms with E-state index < -0.39 is 64.6 Å². The number of aromatic nitrogens is 6. The minimum Gasteiger partial charge on any atom is -0.464 e. The third-order valence-electron chi connectivity index (χ3n) is 5.38. The highest BCUT2D eigenvalue weighted by Crippen LogP contribution is 2.38. The summed E-state index contributed by atoms with van der Waals surface area (Å²) < 4.78 is 81.7. The van der Waals surface area contributed by atoms with Crippen molar-refractivity contribution in [2.75, 3.05) is 0 Å². The highest BCUT2D eigenvalue weighted by Gasteiger charge is 2.39. The van der Waals surface area contributed by atoms with E-state index in [9.17, 15) is 27.5 Å². The van der Waals surface area contributed by atoms with E-state index >= 15 is 4.39 Å². The molecule has 0 saturated carbocycles. The largest absolute Gasteiger partial charge is 0.464 e. The molecule has 0 aliphatic heterocycles. The second-order valence-corrected chi connectivity index (χ2v) is 7.82. The number of pyridine rings is 1. The average Bonchev–Trinajstić information content (AvgIpc) is 3.17. The Labute approximate surface area is 204 Å². The van der Waals surface area contributed by atoms with Crippen molar-refractivity contribution in [3.63, 3.8) is 0 Å². The fraction of sp³-hybridized carbons (Fsp3) is 0.318. The normalized spacial score (nSPS) is 12.7. The third-order valence-corrected chi connectivity index (χ3v) is 5.38. The van der Waals surface area contributed by atoms with E-state index in [0.717, 1.165) is 22.9 Å². The van der Waals surface area contributed by atoms with Gasteiger partial charge in [-0.25, -0.2) is 13.6 Å². The molecule has 4 rings (SSSR count). The Hall–Kier alpha value is -4.14. The molecule has 0 aliphatic rings. The Morgan fingerprint density at radius 2 is 1.92 bits per heavy atom. The van der Waals surface area contributed by atoms with Crippen molar-refractivity contribution >= 4 is 10.8 Å². The molecule has 10 nitrogen and oxygen atoms in total. The summed E-state index contributed by atoms with van der Waals surface area (Å²) >= 11 is 0. The van der Waals surface area contributed by atoms with Crippen LogP contribution in [0.3, 0.4) is 0 Å². The van der Waals surface area contributed by atoms with Crippen LogP contribution in [0.4, 0.5) is 22.0 Å². The van der Waals surface area contributed by atoms with Gasteiger partial charge in [0, 0.05) is 12.6 Å². The van der Waals surface area contributed by atoms with Crippen molar-refractivity contribution < 1.29 is 36.5 Å². The van der Waals surface area contributed by atoms with Crippen molar-refractivity contribution in [2.45, 2.75) is 46.2 Å². The third kappa shape index (κ3) is 4.81. The van der Waals surface area contributed by atoms with Crippen molar-refractivity contribution in [1.82, 2.24) is 29.5 Å². The van der Waals surface area contributed by atoms with Gasteiger partial charge in [-0.2, -0.15) is 27.9 Å². The van der Waals surface area contributed by atoms with Gasteiger partial charge in [0.05, 0.1) is 11.6 Å². The molecular formula is C22H19F5N6O4. The van der Waals surface area contributed by atoms with E-state index in [2.05, 4.69) is 20.3 Å². The molecule has 1 aromatic carbocycles. The summed E-state index contributed by atoms with van der Waals surface area (Å²) in [5.74, 6) is -4.18. The quantitative estimate of drug-likeness (QED) is 0.363. The zero-order valence-corrected chi connectivity index (χ0v) is 19.5. The minimum absolute atomic E-state index is 0.0633.